The number of fused-ring (bicyclic) bond motifs is 1. The summed E-state index contributed by atoms with van der Waals surface area (Å²) in [5, 5.41) is 18.5. The maximum Gasteiger partial charge on any atom is 0.340 e. The van der Waals surface area contributed by atoms with Gasteiger partial charge in [-0.2, -0.15) is 0 Å². The largest absolute Gasteiger partial charge is 0.481 e. The van der Waals surface area contributed by atoms with E-state index in [4.69, 9.17) is 9.84 Å². The van der Waals surface area contributed by atoms with E-state index in [0.29, 0.717) is 16.6 Å². The van der Waals surface area contributed by atoms with Crippen LogP contribution in [0, 0.1) is 0 Å². The van der Waals surface area contributed by atoms with Crippen molar-refractivity contribution in [2.45, 2.75) is 19.4 Å². The second-order valence-corrected chi connectivity index (χ2v) is 4.32. The molecule has 2 aromatic rings. The molecule has 106 valence electrons. The monoisotopic (exact) mass is 277 g/mol. The summed E-state index contributed by atoms with van der Waals surface area (Å²) in [5.74, 6) is -1.49. The first-order chi connectivity index (χ1) is 9.63. The number of benzene rings is 1. The molecule has 2 rings (SSSR count). The minimum atomic E-state index is -0.927. The van der Waals surface area contributed by atoms with E-state index >= 15 is 0 Å². The number of aromatic amines is 1. The lowest BCUT2D eigenvalue weighted by Gasteiger charge is -2.04. The van der Waals surface area contributed by atoms with Crippen LogP contribution < -0.4 is 0 Å². The fourth-order valence-corrected chi connectivity index (χ4v) is 2.01. The number of aliphatic carboxylic acids is 1. The molecule has 0 amide bonds. The molecule has 6 nitrogen and oxygen atoms in total. The lowest BCUT2D eigenvalue weighted by Crippen LogP contribution is -2.09. The number of carbonyl (C=O) groups excluding carboxylic acids is 1. The number of hydrogen-bond acceptors (Lipinski definition) is 4. The molecule has 0 spiro atoms. The van der Waals surface area contributed by atoms with E-state index in [0.717, 1.165) is 5.52 Å². The molecular weight excluding hydrogens is 262 g/mol. The molecule has 0 atom stereocenters. The number of H-pyrrole nitrogens is 1. The fraction of sp³-hybridized carbons (Fsp3) is 0.286. The zero-order chi connectivity index (χ0) is 14.5. The zero-order valence-corrected chi connectivity index (χ0v) is 10.8. The van der Waals surface area contributed by atoms with Crippen LogP contribution in [0.4, 0.5) is 0 Å². The maximum absolute atomic E-state index is 12.0. The van der Waals surface area contributed by atoms with Gasteiger partial charge in [0.2, 0.25) is 0 Å². The molecule has 1 heterocycles. The van der Waals surface area contributed by atoms with Gasteiger partial charge in [0.25, 0.3) is 0 Å². The molecule has 0 saturated carbocycles. The van der Waals surface area contributed by atoms with Crippen molar-refractivity contribution >= 4 is 22.8 Å². The molecule has 0 fully saturated rings. The van der Waals surface area contributed by atoms with Gasteiger partial charge in [-0.05, 0) is 12.5 Å². The number of hydrogen-bond donors (Lipinski definition) is 3. The number of para-hydroxylation sites is 1. The van der Waals surface area contributed by atoms with Crippen LogP contribution in [-0.2, 0) is 16.1 Å². The highest BCUT2D eigenvalue weighted by Gasteiger charge is 2.18. The molecule has 20 heavy (non-hydrogen) atoms. The third-order valence-corrected chi connectivity index (χ3v) is 2.91. The summed E-state index contributed by atoms with van der Waals surface area (Å²) in [5.41, 5.74) is 1.45. The highest BCUT2D eigenvalue weighted by Crippen LogP contribution is 2.23. The quantitative estimate of drug-likeness (QED) is 0.551. The molecule has 3 N–H and O–H groups in total. The standard InChI is InChI=1S/C14H15NO5/c16-8-11-13(9-4-1-2-5-10(9)15-11)14(19)20-7-3-6-12(17)18/h1-2,4-5,15-16H,3,6-8H2,(H,17,18). The average molecular weight is 277 g/mol. The summed E-state index contributed by atoms with van der Waals surface area (Å²) in [4.78, 5) is 25.4. The number of rotatable bonds is 6. The number of nitrogens with one attached hydrogen (secondary N) is 1. The van der Waals surface area contributed by atoms with Crippen molar-refractivity contribution in [3.8, 4) is 0 Å². The molecule has 0 aliphatic heterocycles. The topological polar surface area (TPSA) is 99.6 Å². The first-order valence-corrected chi connectivity index (χ1v) is 6.23. The summed E-state index contributed by atoms with van der Waals surface area (Å²) in [6.07, 6.45) is 0.214. The van der Waals surface area contributed by atoms with Crippen molar-refractivity contribution in [1.29, 1.82) is 0 Å². The Bertz CT molecular complexity index is 632. The van der Waals surface area contributed by atoms with E-state index in [-0.39, 0.29) is 26.1 Å². The zero-order valence-electron chi connectivity index (χ0n) is 10.8. The van der Waals surface area contributed by atoms with Gasteiger partial charge in [-0.25, -0.2) is 4.79 Å². The predicted octanol–water partition coefficient (Wildman–Crippen LogP) is 1.68. The van der Waals surface area contributed by atoms with E-state index in [2.05, 4.69) is 4.98 Å². The van der Waals surface area contributed by atoms with E-state index in [1.165, 1.54) is 0 Å². The number of carbonyl (C=O) groups is 2. The Morgan fingerprint density at radius 1 is 1.25 bits per heavy atom. The number of carboxylic acid groups (broad SMARTS) is 1. The molecular formula is C14H15NO5. The Kier molecular flexibility index (Phi) is 4.37. The van der Waals surface area contributed by atoms with Crippen LogP contribution in [0.5, 0.6) is 0 Å². The fourth-order valence-electron chi connectivity index (χ4n) is 2.01. The predicted molar refractivity (Wildman–Crippen MR) is 71.4 cm³/mol. The van der Waals surface area contributed by atoms with Crippen LogP contribution in [0.3, 0.4) is 0 Å². The third kappa shape index (κ3) is 2.97. The van der Waals surface area contributed by atoms with Gasteiger partial charge >= 0.3 is 11.9 Å². The van der Waals surface area contributed by atoms with Crippen molar-refractivity contribution in [3.63, 3.8) is 0 Å². The van der Waals surface area contributed by atoms with Crippen LogP contribution >= 0.6 is 0 Å². The number of aliphatic hydroxyl groups excluding tert-OH is 1. The van der Waals surface area contributed by atoms with Crippen LogP contribution in [0.15, 0.2) is 24.3 Å². The lowest BCUT2D eigenvalue weighted by molar-refractivity contribution is -0.137. The molecule has 0 aliphatic rings. The minimum Gasteiger partial charge on any atom is -0.481 e. The smallest absolute Gasteiger partial charge is 0.340 e. The summed E-state index contributed by atoms with van der Waals surface area (Å²) in [6.45, 7) is -0.260. The first-order valence-electron chi connectivity index (χ1n) is 6.23. The van der Waals surface area contributed by atoms with Gasteiger partial charge in [0.1, 0.15) is 0 Å². The summed E-state index contributed by atoms with van der Waals surface area (Å²) < 4.78 is 5.05. The Hall–Kier alpha value is -2.34. The average Bonchev–Trinajstić information content (AvgIpc) is 2.81. The Morgan fingerprint density at radius 2 is 2.00 bits per heavy atom. The molecule has 1 aromatic heterocycles. The van der Waals surface area contributed by atoms with Crippen LogP contribution in [0.1, 0.15) is 28.9 Å². The Morgan fingerprint density at radius 3 is 2.70 bits per heavy atom. The van der Waals surface area contributed by atoms with Gasteiger partial charge in [0.05, 0.1) is 24.5 Å². The summed E-state index contributed by atoms with van der Waals surface area (Å²) in [7, 11) is 0. The molecule has 0 aliphatic carbocycles. The highest BCUT2D eigenvalue weighted by atomic mass is 16.5. The number of aromatic nitrogens is 1. The van der Waals surface area contributed by atoms with Crippen LogP contribution in [0.2, 0.25) is 0 Å². The highest BCUT2D eigenvalue weighted by molar-refractivity contribution is 6.05. The van der Waals surface area contributed by atoms with Gasteiger partial charge in [-0.1, -0.05) is 18.2 Å². The number of ether oxygens (including phenoxy) is 1. The molecule has 6 heteroatoms. The van der Waals surface area contributed by atoms with Gasteiger partial charge < -0.3 is 19.9 Å². The van der Waals surface area contributed by atoms with Gasteiger partial charge in [-0.3, -0.25) is 4.79 Å². The Labute approximate surface area is 115 Å². The third-order valence-electron chi connectivity index (χ3n) is 2.91. The molecule has 0 unspecified atom stereocenters. The van der Waals surface area contributed by atoms with Crippen molar-refractivity contribution in [2.24, 2.45) is 0 Å². The first kappa shape index (κ1) is 14.1. The molecule has 1 aromatic carbocycles. The van der Waals surface area contributed by atoms with Crippen molar-refractivity contribution in [3.05, 3.63) is 35.5 Å². The van der Waals surface area contributed by atoms with E-state index in [1.807, 2.05) is 6.07 Å². The SMILES string of the molecule is O=C(O)CCCOC(=O)c1c(CO)[nH]c2ccccc12. The van der Waals surface area contributed by atoms with Crippen molar-refractivity contribution < 1.29 is 24.5 Å². The Balaban J connectivity index is 2.14. The van der Waals surface area contributed by atoms with Crippen molar-refractivity contribution in [2.75, 3.05) is 6.61 Å². The van der Waals surface area contributed by atoms with Gasteiger partial charge in [-0.15, -0.1) is 0 Å². The van der Waals surface area contributed by atoms with Crippen LogP contribution in [-0.4, -0.2) is 33.7 Å². The molecule has 0 bridgehead atoms. The number of carboxylic acids is 1. The van der Waals surface area contributed by atoms with Gasteiger partial charge in [0.15, 0.2) is 0 Å². The van der Waals surface area contributed by atoms with Crippen molar-refractivity contribution in [1.82, 2.24) is 4.98 Å². The van der Waals surface area contributed by atoms with Crippen LogP contribution in [0.25, 0.3) is 10.9 Å². The molecule has 0 saturated heterocycles. The summed E-state index contributed by atoms with van der Waals surface area (Å²) in [6, 6.07) is 7.18. The van der Waals surface area contributed by atoms with Gasteiger partial charge in [0, 0.05) is 17.3 Å². The molecule has 0 radical (unpaired) electrons. The second-order valence-electron chi connectivity index (χ2n) is 4.32. The normalized spacial score (nSPS) is 10.7. The lowest BCUT2D eigenvalue weighted by atomic mass is 10.1. The summed E-state index contributed by atoms with van der Waals surface area (Å²) >= 11 is 0. The van der Waals surface area contributed by atoms with E-state index < -0.39 is 11.9 Å². The number of aliphatic hydroxyl groups is 1. The van der Waals surface area contributed by atoms with E-state index in [1.54, 1.807) is 18.2 Å². The maximum atomic E-state index is 12.0. The second kappa shape index (κ2) is 6.21. The number of esters is 1. The minimum absolute atomic E-state index is 0.0372. The van der Waals surface area contributed by atoms with E-state index in [9.17, 15) is 14.7 Å².